The minimum Gasteiger partial charge on any atom is -0.376 e. The summed E-state index contributed by atoms with van der Waals surface area (Å²) in [4.78, 5) is 13.5. The second-order valence-corrected chi connectivity index (χ2v) is 7.88. The first-order chi connectivity index (χ1) is 13.2. The summed E-state index contributed by atoms with van der Waals surface area (Å²) in [5.41, 5.74) is 5.42. The smallest absolute Gasteiger partial charge is 0.222 e. The van der Waals surface area contributed by atoms with Gasteiger partial charge in [-0.3, -0.25) is 9.80 Å². The number of nitrogens with zero attached hydrogens (tertiary/aromatic N) is 4. The van der Waals surface area contributed by atoms with Crippen LogP contribution in [0.15, 0.2) is 30.6 Å². The molecule has 4 rings (SSSR count). The molecule has 0 aliphatic carbocycles. The second-order valence-electron chi connectivity index (χ2n) is 7.88. The lowest BCUT2D eigenvalue weighted by atomic mass is 10.1. The van der Waals surface area contributed by atoms with Gasteiger partial charge in [-0.2, -0.15) is 0 Å². The first kappa shape index (κ1) is 18.3. The zero-order valence-electron chi connectivity index (χ0n) is 16.3. The van der Waals surface area contributed by atoms with Crippen LogP contribution in [0.2, 0.25) is 0 Å². The summed E-state index contributed by atoms with van der Waals surface area (Å²) in [5.74, 6) is 0.680. The molecule has 2 aliphatic heterocycles. The highest BCUT2D eigenvalue weighted by Crippen LogP contribution is 2.23. The minimum absolute atomic E-state index is 0.298. The Morgan fingerprint density at radius 2 is 1.93 bits per heavy atom. The molecule has 2 aromatic rings. The molecule has 27 heavy (non-hydrogen) atoms. The largest absolute Gasteiger partial charge is 0.376 e. The van der Waals surface area contributed by atoms with E-state index in [1.54, 1.807) is 0 Å². The van der Waals surface area contributed by atoms with Gasteiger partial charge in [0.1, 0.15) is 0 Å². The summed E-state index contributed by atoms with van der Waals surface area (Å²) >= 11 is 0. The maximum absolute atomic E-state index is 5.61. The van der Waals surface area contributed by atoms with Gasteiger partial charge in [0.15, 0.2) is 0 Å². The molecular formula is C21H29N5O. The van der Waals surface area contributed by atoms with E-state index in [0.29, 0.717) is 12.1 Å². The standard InChI is InChI=1S/C21H29N5O/c1-25(12-16-5-6-18-14-26(2)15-19(18)8-16)13-17-9-22-21(23-10-17)24-11-20-4-3-7-27-20/h5-6,8-10,20H,3-4,7,11-15H2,1-2H3,(H,22,23,24)/t20-/m0/s1. The highest BCUT2D eigenvalue weighted by molar-refractivity contribution is 5.34. The van der Waals surface area contributed by atoms with Crippen molar-refractivity contribution in [1.82, 2.24) is 19.8 Å². The SMILES string of the molecule is CN(Cc1cnc(NC[C@@H]2CCCO2)nc1)Cc1ccc2c(c1)CN(C)C2. The predicted octanol–water partition coefficient (Wildman–Crippen LogP) is 2.64. The topological polar surface area (TPSA) is 53.5 Å². The number of rotatable bonds is 7. The van der Waals surface area contributed by atoms with E-state index in [1.807, 2.05) is 12.4 Å². The molecule has 0 amide bonds. The van der Waals surface area contributed by atoms with Crippen molar-refractivity contribution in [2.45, 2.75) is 45.1 Å². The van der Waals surface area contributed by atoms with Gasteiger partial charge in [0.2, 0.25) is 5.95 Å². The zero-order chi connectivity index (χ0) is 18.6. The van der Waals surface area contributed by atoms with Gasteiger partial charge in [-0.05, 0) is 43.6 Å². The molecule has 0 saturated carbocycles. The van der Waals surface area contributed by atoms with Gasteiger partial charge in [0.25, 0.3) is 0 Å². The molecule has 1 N–H and O–H groups in total. The molecule has 1 atom stereocenters. The average Bonchev–Trinajstić information content (AvgIpc) is 3.29. The van der Waals surface area contributed by atoms with E-state index in [2.05, 4.69) is 57.4 Å². The first-order valence-electron chi connectivity index (χ1n) is 9.80. The van der Waals surface area contributed by atoms with E-state index in [4.69, 9.17) is 4.74 Å². The van der Waals surface area contributed by atoms with Crippen molar-refractivity contribution in [2.75, 3.05) is 32.6 Å². The van der Waals surface area contributed by atoms with E-state index >= 15 is 0 Å². The summed E-state index contributed by atoms with van der Waals surface area (Å²) in [6.45, 7) is 5.54. The maximum atomic E-state index is 5.61. The van der Waals surface area contributed by atoms with Crippen molar-refractivity contribution >= 4 is 5.95 Å². The van der Waals surface area contributed by atoms with Crippen LogP contribution in [-0.4, -0.2) is 53.1 Å². The molecule has 3 heterocycles. The second kappa shape index (κ2) is 8.33. The number of nitrogens with one attached hydrogen (secondary N) is 1. The number of aromatic nitrogens is 2. The van der Waals surface area contributed by atoms with E-state index in [0.717, 1.165) is 57.7 Å². The molecule has 0 radical (unpaired) electrons. The van der Waals surface area contributed by atoms with Crippen molar-refractivity contribution < 1.29 is 4.74 Å². The number of fused-ring (bicyclic) bond motifs is 1. The van der Waals surface area contributed by atoms with Crippen LogP contribution >= 0.6 is 0 Å². The van der Waals surface area contributed by atoms with Crippen LogP contribution in [0.25, 0.3) is 0 Å². The lowest BCUT2D eigenvalue weighted by Gasteiger charge is -2.17. The highest BCUT2D eigenvalue weighted by atomic mass is 16.5. The molecule has 144 valence electrons. The molecule has 1 aromatic carbocycles. The zero-order valence-corrected chi connectivity index (χ0v) is 16.3. The summed E-state index contributed by atoms with van der Waals surface area (Å²) in [6.07, 6.45) is 6.40. The normalized spacial score (nSPS) is 19.6. The Balaban J connectivity index is 1.28. The van der Waals surface area contributed by atoms with E-state index in [-0.39, 0.29) is 0 Å². The van der Waals surface area contributed by atoms with Crippen LogP contribution in [-0.2, 0) is 30.9 Å². The summed E-state index contributed by atoms with van der Waals surface area (Å²) < 4.78 is 5.61. The van der Waals surface area contributed by atoms with Crippen LogP contribution in [0.3, 0.4) is 0 Å². The fourth-order valence-corrected chi connectivity index (χ4v) is 3.93. The molecule has 0 spiro atoms. The maximum Gasteiger partial charge on any atom is 0.222 e. The number of ether oxygens (including phenoxy) is 1. The van der Waals surface area contributed by atoms with Crippen LogP contribution in [0.5, 0.6) is 0 Å². The van der Waals surface area contributed by atoms with Crippen molar-refractivity contribution in [3.63, 3.8) is 0 Å². The van der Waals surface area contributed by atoms with Gasteiger partial charge in [-0.25, -0.2) is 9.97 Å². The van der Waals surface area contributed by atoms with Gasteiger partial charge in [0.05, 0.1) is 6.10 Å². The third-order valence-corrected chi connectivity index (χ3v) is 5.27. The van der Waals surface area contributed by atoms with Crippen molar-refractivity contribution in [2.24, 2.45) is 0 Å². The van der Waals surface area contributed by atoms with Crippen molar-refractivity contribution in [1.29, 1.82) is 0 Å². The summed E-state index contributed by atoms with van der Waals surface area (Å²) in [6, 6.07) is 6.88. The Morgan fingerprint density at radius 3 is 2.70 bits per heavy atom. The van der Waals surface area contributed by atoms with Crippen molar-refractivity contribution in [3.8, 4) is 0 Å². The molecule has 0 bridgehead atoms. The Kier molecular flexibility index (Phi) is 5.66. The van der Waals surface area contributed by atoms with E-state index < -0.39 is 0 Å². The monoisotopic (exact) mass is 367 g/mol. The van der Waals surface area contributed by atoms with Gasteiger partial charge in [0, 0.05) is 57.3 Å². The molecule has 1 aromatic heterocycles. The molecule has 1 fully saturated rings. The predicted molar refractivity (Wildman–Crippen MR) is 106 cm³/mol. The number of benzene rings is 1. The fraction of sp³-hybridized carbons (Fsp3) is 0.524. The third kappa shape index (κ3) is 4.83. The first-order valence-corrected chi connectivity index (χ1v) is 9.80. The van der Waals surface area contributed by atoms with E-state index in [9.17, 15) is 0 Å². The summed E-state index contributed by atoms with van der Waals surface area (Å²) in [5, 5.41) is 3.27. The van der Waals surface area contributed by atoms with Gasteiger partial charge in [-0.1, -0.05) is 18.2 Å². The molecular weight excluding hydrogens is 338 g/mol. The quantitative estimate of drug-likeness (QED) is 0.812. The highest BCUT2D eigenvalue weighted by Gasteiger charge is 2.16. The Hall–Kier alpha value is -2.02. The van der Waals surface area contributed by atoms with Gasteiger partial charge in [-0.15, -0.1) is 0 Å². The Morgan fingerprint density at radius 1 is 1.15 bits per heavy atom. The lowest BCUT2D eigenvalue weighted by molar-refractivity contribution is 0.120. The van der Waals surface area contributed by atoms with Crippen LogP contribution in [0.1, 0.15) is 35.1 Å². The van der Waals surface area contributed by atoms with E-state index in [1.165, 1.54) is 16.7 Å². The molecule has 6 heteroatoms. The Bertz CT molecular complexity index is 758. The van der Waals surface area contributed by atoms with Crippen LogP contribution < -0.4 is 5.32 Å². The Labute approximate surface area is 161 Å². The van der Waals surface area contributed by atoms with Crippen LogP contribution in [0.4, 0.5) is 5.95 Å². The van der Waals surface area contributed by atoms with Gasteiger partial charge >= 0.3 is 0 Å². The van der Waals surface area contributed by atoms with Crippen LogP contribution in [0, 0.1) is 0 Å². The average molecular weight is 367 g/mol. The fourth-order valence-electron chi connectivity index (χ4n) is 3.93. The van der Waals surface area contributed by atoms with Gasteiger partial charge < -0.3 is 10.1 Å². The molecule has 2 aliphatic rings. The van der Waals surface area contributed by atoms with Crippen molar-refractivity contribution in [3.05, 3.63) is 52.8 Å². The lowest BCUT2D eigenvalue weighted by Crippen LogP contribution is -2.20. The number of anilines is 1. The summed E-state index contributed by atoms with van der Waals surface area (Å²) in [7, 11) is 4.31. The molecule has 0 unspecified atom stereocenters. The number of hydrogen-bond donors (Lipinski definition) is 1. The molecule has 6 nitrogen and oxygen atoms in total. The number of hydrogen-bond acceptors (Lipinski definition) is 6. The third-order valence-electron chi connectivity index (χ3n) is 5.27. The molecule has 1 saturated heterocycles. The minimum atomic E-state index is 0.298.